The predicted octanol–water partition coefficient (Wildman–Crippen LogP) is 2.84. The van der Waals surface area contributed by atoms with Crippen molar-refractivity contribution in [2.75, 3.05) is 6.61 Å². The SMILES string of the molecule is CCOC(=O)/C=C1\CCCc2cc(C#N)ccc21. The lowest BCUT2D eigenvalue weighted by Crippen LogP contribution is -2.06. The van der Waals surface area contributed by atoms with Crippen molar-refractivity contribution in [3.8, 4) is 6.07 Å². The molecule has 0 fully saturated rings. The summed E-state index contributed by atoms with van der Waals surface area (Å²) in [6.45, 7) is 2.19. The van der Waals surface area contributed by atoms with E-state index in [1.165, 1.54) is 0 Å². The van der Waals surface area contributed by atoms with E-state index in [1.54, 1.807) is 19.1 Å². The lowest BCUT2D eigenvalue weighted by atomic mass is 9.86. The molecule has 3 nitrogen and oxygen atoms in total. The van der Waals surface area contributed by atoms with Crippen LogP contribution in [0.3, 0.4) is 0 Å². The number of ether oxygens (including phenoxy) is 1. The molecule has 18 heavy (non-hydrogen) atoms. The third kappa shape index (κ3) is 2.60. The number of carbonyl (C=O) groups excluding carboxylic acids is 1. The van der Waals surface area contributed by atoms with Crippen LogP contribution in [0, 0.1) is 11.3 Å². The number of allylic oxidation sites excluding steroid dienone is 1. The Kier molecular flexibility index (Phi) is 3.78. The van der Waals surface area contributed by atoms with Crippen molar-refractivity contribution in [3.05, 3.63) is 41.0 Å². The van der Waals surface area contributed by atoms with E-state index < -0.39 is 0 Å². The fourth-order valence-corrected chi connectivity index (χ4v) is 2.26. The quantitative estimate of drug-likeness (QED) is 0.591. The van der Waals surface area contributed by atoms with Crippen LogP contribution in [0.25, 0.3) is 5.57 Å². The van der Waals surface area contributed by atoms with Crippen LogP contribution in [-0.2, 0) is 16.0 Å². The van der Waals surface area contributed by atoms with Crippen molar-refractivity contribution in [1.29, 1.82) is 5.26 Å². The van der Waals surface area contributed by atoms with Crippen LogP contribution in [0.15, 0.2) is 24.3 Å². The molecule has 3 heteroatoms. The highest BCUT2D eigenvalue weighted by molar-refractivity contribution is 5.92. The zero-order valence-corrected chi connectivity index (χ0v) is 10.4. The van der Waals surface area contributed by atoms with Crippen LogP contribution >= 0.6 is 0 Å². The third-order valence-electron chi connectivity index (χ3n) is 3.05. The van der Waals surface area contributed by atoms with Crippen LogP contribution in [0.2, 0.25) is 0 Å². The van der Waals surface area contributed by atoms with Gasteiger partial charge in [0.1, 0.15) is 0 Å². The number of nitriles is 1. The standard InChI is InChI=1S/C15H15NO2/c1-2-18-15(17)9-13-5-3-4-12-8-11(10-16)6-7-14(12)13/h6-9H,2-5H2,1H3/b13-9+. The number of rotatable bonds is 2. The first kappa shape index (κ1) is 12.4. The van der Waals surface area contributed by atoms with E-state index in [0.717, 1.165) is 36.0 Å². The maximum absolute atomic E-state index is 11.5. The summed E-state index contributed by atoms with van der Waals surface area (Å²) in [6, 6.07) is 7.78. The van der Waals surface area contributed by atoms with Gasteiger partial charge in [0.15, 0.2) is 0 Å². The maximum Gasteiger partial charge on any atom is 0.331 e. The monoisotopic (exact) mass is 241 g/mol. The molecule has 1 aliphatic carbocycles. The van der Waals surface area contributed by atoms with E-state index in [9.17, 15) is 4.79 Å². The Morgan fingerprint density at radius 2 is 2.33 bits per heavy atom. The zero-order chi connectivity index (χ0) is 13.0. The van der Waals surface area contributed by atoms with Crippen molar-refractivity contribution in [2.45, 2.75) is 26.2 Å². The second-order valence-electron chi connectivity index (χ2n) is 4.26. The lowest BCUT2D eigenvalue weighted by Gasteiger charge is -2.18. The van der Waals surface area contributed by atoms with Gasteiger partial charge >= 0.3 is 5.97 Å². The van der Waals surface area contributed by atoms with Gasteiger partial charge < -0.3 is 4.74 Å². The van der Waals surface area contributed by atoms with Crippen molar-refractivity contribution in [1.82, 2.24) is 0 Å². The number of hydrogen-bond acceptors (Lipinski definition) is 3. The number of nitrogens with zero attached hydrogens (tertiary/aromatic N) is 1. The number of aryl methyl sites for hydroxylation is 1. The number of benzene rings is 1. The molecule has 1 aliphatic rings. The normalized spacial score (nSPS) is 15.9. The molecule has 92 valence electrons. The Balaban J connectivity index is 2.34. The van der Waals surface area contributed by atoms with E-state index in [1.807, 2.05) is 12.1 Å². The van der Waals surface area contributed by atoms with Crippen molar-refractivity contribution >= 4 is 11.5 Å². The van der Waals surface area contributed by atoms with Gasteiger partial charge in [0.2, 0.25) is 0 Å². The van der Waals surface area contributed by atoms with Gasteiger partial charge in [-0.1, -0.05) is 6.07 Å². The highest BCUT2D eigenvalue weighted by Crippen LogP contribution is 2.31. The topological polar surface area (TPSA) is 50.1 Å². The molecule has 0 N–H and O–H groups in total. The van der Waals surface area contributed by atoms with E-state index in [4.69, 9.17) is 10.00 Å². The summed E-state index contributed by atoms with van der Waals surface area (Å²) in [7, 11) is 0. The minimum atomic E-state index is -0.287. The second-order valence-corrected chi connectivity index (χ2v) is 4.26. The molecule has 0 unspecified atom stereocenters. The molecule has 0 heterocycles. The minimum absolute atomic E-state index is 0.287. The Labute approximate surface area is 107 Å². The molecule has 0 atom stereocenters. The zero-order valence-electron chi connectivity index (χ0n) is 10.4. The molecular formula is C15H15NO2. The number of esters is 1. The van der Waals surface area contributed by atoms with Gasteiger partial charge in [-0.25, -0.2) is 4.79 Å². The van der Waals surface area contributed by atoms with E-state index in [0.29, 0.717) is 12.2 Å². The average molecular weight is 241 g/mol. The summed E-state index contributed by atoms with van der Waals surface area (Å²) in [5.41, 5.74) is 3.91. The molecule has 0 saturated heterocycles. The van der Waals surface area contributed by atoms with Crippen LogP contribution in [0.4, 0.5) is 0 Å². The summed E-state index contributed by atoms with van der Waals surface area (Å²) in [4.78, 5) is 11.5. The molecule has 0 saturated carbocycles. The molecular weight excluding hydrogens is 226 g/mol. The van der Waals surface area contributed by atoms with E-state index >= 15 is 0 Å². The smallest absolute Gasteiger partial charge is 0.331 e. The number of fused-ring (bicyclic) bond motifs is 1. The highest BCUT2D eigenvalue weighted by Gasteiger charge is 2.15. The maximum atomic E-state index is 11.5. The molecule has 1 aromatic rings. The first-order valence-electron chi connectivity index (χ1n) is 6.15. The van der Waals surface area contributed by atoms with Gasteiger partial charge in [-0.05, 0) is 55.0 Å². The van der Waals surface area contributed by atoms with Crippen LogP contribution in [-0.4, -0.2) is 12.6 Å². The summed E-state index contributed by atoms with van der Waals surface area (Å²) in [5, 5.41) is 8.88. The molecule has 0 amide bonds. The van der Waals surface area contributed by atoms with Gasteiger partial charge in [0, 0.05) is 6.08 Å². The first-order chi connectivity index (χ1) is 8.74. The third-order valence-corrected chi connectivity index (χ3v) is 3.05. The lowest BCUT2D eigenvalue weighted by molar-refractivity contribution is -0.137. The van der Waals surface area contributed by atoms with Crippen LogP contribution < -0.4 is 0 Å². The fraction of sp³-hybridized carbons (Fsp3) is 0.333. The summed E-state index contributed by atoms with van der Waals surface area (Å²) < 4.78 is 4.94. The minimum Gasteiger partial charge on any atom is -0.463 e. The summed E-state index contributed by atoms with van der Waals surface area (Å²) in [5.74, 6) is -0.287. The largest absolute Gasteiger partial charge is 0.463 e. The molecule has 0 spiro atoms. The first-order valence-corrected chi connectivity index (χ1v) is 6.15. The van der Waals surface area contributed by atoms with Crippen LogP contribution in [0.1, 0.15) is 36.5 Å². The van der Waals surface area contributed by atoms with Gasteiger partial charge in [-0.15, -0.1) is 0 Å². The Hall–Kier alpha value is -2.08. The average Bonchev–Trinajstić information content (AvgIpc) is 2.38. The number of carbonyl (C=O) groups is 1. The molecule has 0 bridgehead atoms. The number of hydrogen-bond donors (Lipinski definition) is 0. The van der Waals surface area contributed by atoms with Crippen LogP contribution in [0.5, 0.6) is 0 Å². The van der Waals surface area contributed by atoms with E-state index in [2.05, 4.69) is 6.07 Å². The van der Waals surface area contributed by atoms with Gasteiger partial charge in [-0.2, -0.15) is 5.26 Å². The Bertz CT molecular complexity index is 538. The van der Waals surface area contributed by atoms with Gasteiger partial charge in [0.25, 0.3) is 0 Å². The molecule has 0 aliphatic heterocycles. The van der Waals surface area contributed by atoms with Crippen molar-refractivity contribution in [3.63, 3.8) is 0 Å². The molecule has 0 radical (unpaired) electrons. The Morgan fingerprint density at radius 1 is 1.50 bits per heavy atom. The van der Waals surface area contributed by atoms with Gasteiger partial charge in [0.05, 0.1) is 18.2 Å². The van der Waals surface area contributed by atoms with E-state index in [-0.39, 0.29) is 5.97 Å². The highest BCUT2D eigenvalue weighted by atomic mass is 16.5. The summed E-state index contributed by atoms with van der Waals surface area (Å²) in [6.07, 6.45) is 4.43. The Morgan fingerprint density at radius 3 is 3.06 bits per heavy atom. The van der Waals surface area contributed by atoms with Crippen molar-refractivity contribution < 1.29 is 9.53 Å². The van der Waals surface area contributed by atoms with Gasteiger partial charge in [-0.3, -0.25) is 0 Å². The fourth-order valence-electron chi connectivity index (χ4n) is 2.26. The van der Waals surface area contributed by atoms with Crippen molar-refractivity contribution in [2.24, 2.45) is 0 Å². The summed E-state index contributed by atoms with van der Waals surface area (Å²) >= 11 is 0. The molecule has 0 aromatic heterocycles. The molecule has 2 rings (SSSR count). The second kappa shape index (κ2) is 5.50. The predicted molar refractivity (Wildman–Crippen MR) is 68.7 cm³/mol. The molecule has 1 aromatic carbocycles.